The number of nitrogens with zero attached hydrogens (tertiary/aromatic N) is 3. The summed E-state index contributed by atoms with van der Waals surface area (Å²) < 4.78 is 29.7. The molecule has 0 saturated heterocycles. The van der Waals surface area contributed by atoms with E-state index in [4.69, 9.17) is 4.74 Å². The fourth-order valence-corrected chi connectivity index (χ4v) is 2.78. The van der Waals surface area contributed by atoms with Gasteiger partial charge in [0.25, 0.3) is 6.43 Å². The first-order chi connectivity index (χ1) is 10.1. The highest BCUT2D eigenvalue weighted by Crippen LogP contribution is 2.34. The van der Waals surface area contributed by atoms with Gasteiger partial charge in [0, 0.05) is 12.4 Å². The Bertz CT molecular complexity index is 776. The van der Waals surface area contributed by atoms with Gasteiger partial charge in [-0.15, -0.1) is 0 Å². The Hall–Kier alpha value is -2.15. The molecule has 0 aliphatic carbocycles. The van der Waals surface area contributed by atoms with Crippen molar-refractivity contribution in [2.45, 2.75) is 13.3 Å². The molecule has 0 spiro atoms. The summed E-state index contributed by atoms with van der Waals surface area (Å²) >= 11 is 1.39. The highest BCUT2D eigenvalue weighted by molar-refractivity contribution is 7.21. The van der Waals surface area contributed by atoms with Crippen molar-refractivity contribution in [3.8, 4) is 16.3 Å². The van der Waals surface area contributed by atoms with Gasteiger partial charge in [-0.25, -0.2) is 18.7 Å². The van der Waals surface area contributed by atoms with Gasteiger partial charge in [-0.2, -0.15) is 0 Å². The van der Waals surface area contributed by atoms with Crippen LogP contribution in [0.1, 0.15) is 5.56 Å². The Kier molecular flexibility index (Phi) is 3.74. The molecule has 0 aromatic carbocycles. The largest absolute Gasteiger partial charge is 0.485 e. The molecule has 4 nitrogen and oxygen atoms in total. The SMILES string of the molecule is Cc1cnc2sc(-c3ccncc3OCC(F)F)nc2c1. The van der Waals surface area contributed by atoms with Gasteiger partial charge in [0.1, 0.15) is 27.7 Å². The monoisotopic (exact) mass is 307 g/mol. The number of alkyl halides is 2. The predicted octanol–water partition coefficient (Wildman–Crippen LogP) is 3.71. The Morgan fingerprint density at radius 1 is 1.33 bits per heavy atom. The molecule has 0 fully saturated rings. The summed E-state index contributed by atoms with van der Waals surface area (Å²) in [4.78, 5) is 13.5. The van der Waals surface area contributed by atoms with E-state index in [2.05, 4.69) is 15.0 Å². The molecule has 0 unspecified atom stereocenters. The molecule has 3 heterocycles. The predicted molar refractivity (Wildman–Crippen MR) is 76.9 cm³/mol. The quantitative estimate of drug-likeness (QED) is 0.737. The summed E-state index contributed by atoms with van der Waals surface area (Å²) in [5.74, 6) is 0.300. The number of fused-ring (bicyclic) bond motifs is 1. The lowest BCUT2D eigenvalue weighted by atomic mass is 10.2. The van der Waals surface area contributed by atoms with Gasteiger partial charge in [-0.05, 0) is 24.6 Å². The number of pyridine rings is 2. The number of hydrogen-bond donors (Lipinski definition) is 0. The first-order valence-electron chi connectivity index (χ1n) is 6.22. The van der Waals surface area contributed by atoms with E-state index in [0.29, 0.717) is 16.3 Å². The average Bonchev–Trinajstić information content (AvgIpc) is 2.88. The first-order valence-corrected chi connectivity index (χ1v) is 7.03. The van der Waals surface area contributed by atoms with Crippen LogP contribution in [0.15, 0.2) is 30.7 Å². The smallest absolute Gasteiger partial charge is 0.272 e. The fraction of sp³-hybridized carbons (Fsp3) is 0.214. The van der Waals surface area contributed by atoms with Crippen LogP contribution in [-0.2, 0) is 0 Å². The summed E-state index contributed by atoms with van der Waals surface area (Å²) in [6.45, 7) is 1.27. The van der Waals surface area contributed by atoms with Crippen molar-refractivity contribution in [1.29, 1.82) is 0 Å². The van der Waals surface area contributed by atoms with Gasteiger partial charge in [0.05, 0.1) is 11.8 Å². The second-order valence-electron chi connectivity index (χ2n) is 4.43. The minimum absolute atomic E-state index is 0.300. The van der Waals surface area contributed by atoms with Gasteiger partial charge < -0.3 is 4.74 Å². The molecule has 0 aliphatic heterocycles. The van der Waals surface area contributed by atoms with Crippen molar-refractivity contribution >= 4 is 21.7 Å². The fourth-order valence-electron chi connectivity index (χ4n) is 1.86. The Balaban J connectivity index is 2.01. The van der Waals surface area contributed by atoms with Crippen LogP contribution in [0.5, 0.6) is 5.75 Å². The van der Waals surface area contributed by atoms with Crippen molar-refractivity contribution < 1.29 is 13.5 Å². The van der Waals surface area contributed by atoms with Crippen LogP contribution in [0.25, 0.3) is 20.9 Å². The molecule has 0 radical (unpaired) electrons. The third kappa shape index (κ3) is 2.97. The van der Waals surface area contributed by atoms with Gasteiger partial charge in [-0.1, -0.05) is 11.3 Å². The van der Waals surface area contributed by atoms with E-state index in [1.807, 2.05) is 13.0 Å². The van der Waals surface area contributed by atoms with Crippen molar-refractivity contribution in [2.75, 3.05) is 6.61 Å². The van der Waals surface area contributed by atoms with Gasteiger partial charge >= 0.3 is 0 Å². The summed E-state index contributed by atoms with van der Waals surface area (Å²) in [5.41, 5.74) is 2.45. The van der Waals surface area contributed by atoms with Crippen LogP contribution in [-0.4, -0.2) is 28.0 Å². The number of rotatable bonds is 4. The third-order valence-corrected chi connectivity index (χ3v) is 3.78. The molecular formula is C14H11F2N3OS. The van der Waals surface area contributed by atoms with Crippen molar-refractivity contribution in [1.82, 2.24) is 15.0 Å². The lowest BCUT2D eigenvalue weighted by Gasteiger charge is -2.08. The van der Waals surface area contributed by atoms with Crippen LogP contribution >= 0.6 is 11.3 Å². The Labute approximate surface area is 123 Å². The van der Waals surface area contributed by atoms with Crippen LogP contribution in [0.3, 0.4) is 0 Å². The van der Waals surface area contributed by atoms with E-state index in [1.54, 1.807) is 18.5 Å². The molecule has 0 atom stereocenters. The first kappa shape index (κ1) is 13.8. The maximum atomic E-state index is 12.3. The molecule has 0 saturated carbocycles. The summed E-state index contributed by atoms with van der Waals surface area (Å²) in [7, 11) is 0. The van der Waals surface area contributed by atoms with E-state index in [-0.39, 0.29) is 0 Å². The standard InChI is InChI=1S/C14H11F2N3OS/c1-8-4-10-14(18-5-8)21-13(19-10)9-2-3-17-6-11(9)20-7-12(15)16/h2-6,12H,7H2,1H3. The van der Waals surface area contributed by atoms with Crippen LogP contribution < -0.4 is 4.74 Å². The number of halogens is 2. The normalized spacial score (nSPS) is 11.2. The molecule has 3 aromatic rings. The average molecular weight is 307 g/mol. The third-order valence-electron chi connectivity index (χ3n) is 2.76. The molecule has 7 heteroatoms. The maximum absolute atomic E-state index is 12.3. The Morgan fingerprint density at radius 2 is 2.19 bits per heavy atom. The number of aromatic nitrogens is 3. The van der Waals surface area contributed by atoms with Gasteiger partial charge in [-0.3, -0.25) is 4.98 Å². The van der Waals surface area contributed by atoms with E-state index in [9.17, 15) is 8.78 Å². The Morgan fingerprint density at radius 3 is 3.00 bits per heavy atom. The van der Waals surface area contributed by atoms with E-state index in [0.717, 1.165) is 15.9 Å². The lowest BCUT2D eigenvalue weighted by Crippen LogP contribution is -2.07. The summed E-state index contributed by atoms with van der Waals surface area (Å²) in [5, 5.41) is 0.676. The highest BCUT2D eigenvalue weighted by atomic mass is 32.1. The van der Waals surface area contributed by atoms with Crippen LogP contribution in [0.4, 0.5) is 8.78 Å². The van der Waals surface area contributed by atoms with Crippen LogP contribution in [0, 0.1) is 6.92 Å². The second-order valence-corrected chi connectivity index (χ2v) is 5.41. The van der Waals surface area contributed by atoms with Crippen LogP contribution in [0.2, 0.25) is 0 Å². The van der Waals surface area contributed by atoms with Gasteiger partial charge in [0.2, 0.25) is 0 Å². The molecule has 108 valence electrons. The molecule has 3 rings (SSSR count). The molecule has 0 amide bonds. The zero-order chi connectivity index (χ0) is 14.8. The number of thiazole rings is 1. The number of hydrogen-bond acceptors (Lipinski definition) is 5. The zero-order valence-electron chi connectivity index (χ0n) is 11.1. The van der Waals surface area contributed by atoms with E-state index < -0.39 is 13.0 Å². The minimum Gasteiger partial charge on any atom is -0.485 e. The van der Waals surface area contributed by atoms with E-state index >= 15 is 0 Å². The van der Waals surface area contributed by atoms with Crippen molar-refractivity contribution in [2.24, 2.45) is 0 Å². The summed E-state index contributed by atoms with van der Waals surface area (Å²) in [6.07, 6.45) is 2.24. The highest BCUT2D eigenvalue weighted by Gasteiger charge is 2.14. The van der Waals surface area contributed by atoms with E-state index in [1.165, 1.54) is 17.5 Å². The van der Waals surface area contributed by atoms with Gasteiger partial charge in [0.15, 0.2) is 0 Å². The topological polar surface area (TPSA) is 47.9 Å². The van der Waals surface area contributed by atoms with Crippen molar-refractivity contribution in [3.63, 3.8) is 0 Å². The molecule has 0 N–H and O–H groups in total. The molecular weight excluding hydrogens is 296 g/mol. The molecule has 21 heavy (non-hydrogen) atoms. The molecule has 0 aliphatic rings. The maximum Gasteiger partial charge on any atom is 0.272 e. The lowest BCUT2D eigenvalue weighted by molar-refractivity contribution is 0.0820. The number of ether oxygens (including phenoxy) is 1. The number of aryl methyl sites for hydroxylation is 1. The molecule has 0 bridgehead atoms. The summed E-state index contributed by atoms with van der Waals surface area (Å²) in [6, 6.07) is 3.63. The minimum atomic E-state index is -2.53. The second kappa shape index (κ2) is 5.69. The molecule has 3 aromatic heterocycles. The van der Waals surface area contributed by atoms with Crippen molar-refractivity contribution in [3.05, 3.63) is 36.3 Å². The zero-order valence-corrected chi connectivity index (χ0v) is 11.9.